The first kappa shape index (κ1) is 10.4. The summed E-state index contributed by atoms with van der Waals surface area (Å²) in [6.07, 6.45) is 2.79. The van der Waals surface area contributed by atoms with Crippen LogP contribution in [0.15, 0.2) is 36.7 Å². The molecule has 2 aromatic rings. The Morgan fingerprint density at radius 2 is 2.06 bits per heavy atom. The second kappa shape index (κ2) is 4.18. The minimum atomic E-state index is -0.410. The number of halogens is 1. The van der Waals surface area contributed by atoms with E-state index in [1.807, 2.05) is 0 Å². The first-order valence-electron chi connectivity index (χ1n) is 4.68. The van der Waals surface area contributed by atoms with Crippen molar-refractivity contribution in [2.75, 3.05) is 7.11 Å². The fourth-order valence-corrected chi connectivity index (χ4v) is 1.43. The smallest absolute Gasteiger partial charge is 0.134 e. The zero-order valence-electron chi connectivity index (χ0n) is 8.64. The summed E-state index contributed by atoms with van der Waals surface area (Å²) >= 11 is 0. The molecular formula is C12H10FNO2. The van der Waals surface area contributed by atoms with Gasteiger partial charge in [-0.05, 0) is 18.2 Å². The summed E-state index contributed by atoms with van der Waals surface area (Å²) in [4.78, 5) is 3.80. The minimum absolute atomic E-state index is 0.00715. The molecule has 0 aliphatic rings. The van der Waals surface area contributed by atoms with Crippen molar-refractivity contribution >= 4 is 0 Å². The molecule has 1 heterocycles. The summed E-state index contributed by atoms with van der Waals surface area (Å²) in [7, 11) is 1.48. The summed E-state index contributed by atoms with van der Waals surface area (Å²) < 4.78 is 18.6. The molecule has 1 aromatic carbocycles. The normalized spacial score (nSPS) is 10.1. The number of hydrogen-bond donors (Lipinski definition) is 1. The fraction of sp³-hybridized carbons (Fsp3) is 0.0833. The summed E-state index contributed by atoms with van der Waals surface area (Å²) in [5, 5.41) is 9.26. The van der Waals surface area contributed by atoms with Crippen LogP contribution in [0.5, 0.6) is 11.5 Å². The Labute approximate surface area is 92.1 Å². The van der Waals surface area contributed by atoms with Gasteiger partial charge < -0.3 is 9.84 Å². The van der Waals surface area contributed by atoms with E-state index in [1.165, 1.54) is 31.6 Å². The fourth-order valence-electron chi connectivity index (χ4n) is 1.43. The van der Waals surface area contributed by atoms with E-state index in [0.29, 0.717) is 16.9 Å². The largest absolute Gasteiger partial charge is 0.506 e. The molecule has 0 spiro atoms. The molecule has 0 unspecified atom stereocenters. The van der Waals surface area contributed by atoms with Gasteiger partial charge >= 0.3 is 0 Å². The van der Waals surface area contributed by atoms with E-state index in [0.717, 1.165) is 0 Å². The number of methoxy groups -OCH3 is 1. The van der Waals surface area contributed by atoms with Gasteiger partial charge in [0.05, 0.1) is 13.3 Å². The molecule has 0 saturated carbocycles. The molecule has 2 rings (SSSR count). The molecule has 0 bridgehead atoms. The number of aromatic nitrogens is 1. The molecule has 16 heavy (non-hydrogen) atoms. The summed E-state index contributed by atoms with van der Waals surface area (Å²) in [5.74, 6) is 0.0498. The van der Waals surface area contributed by atoms with Crippen LogP contribution in [0.4, 0.5) is 4.39 Å². The minimum Gasteiger partial charge on any atom is -0.506 e. The summed E-state index contributed by atoms with van der Waals surface area (Å²) in [6, 6.07) is 5.99. The van der Waals surface area contributed by atoms with Crippen molar-refractivity contribution in [1.82, 2.24) is 4.98 Å². The summed E-state index contributed by atoms with van der Waals surface area (Å²) in [6.45, 7) is 0. The Balaban J connectivity index is 2.48. The van der Waals surface area contributed by atoms with Crippen molar-refractivity contribution < 1.29 is 14.2 Å². The maximum absolute atomic E-state index is 13.7. The van der Waals surface area contributed by atoms with Crippen LogP contribution in [-0.4, -0.2) is 17.2 Å². The van der Waals surface area contributed by atoms with Crippen molar-refractivity contribution in [2.24, 2.45) is 0 Å². The number of pyridine rings is 1. The third kappa shape index (κ3) is 1.95. The highest BCUT2D eigenvalue weighted by atomic mass is 19.1. The number of nitrogens with zero attached hydrogens (tertiary/aromatic N) is 1. The maximum atomic E-state index is 13.7. The van der Waals surface area contributed by atoms with Crippen LogP contribution in [-0.2, 0) is 0 Å². The Bertz CT molecular complexity index is 514. The molecule has 0 atom stereocenters. The van der Waals surface area contributed by atoms with Gasteiger partial charge in [0.1, 0.15) is 17.3 Å². The molecular weight excluding hydrogens is 209 g/mol. The predicted octanol–water partition coefficient (Wildman–Crippen LogP) is 2.60. The van der Waals surface area contributed by atoms with Gasteiger partial charge in [-0.25, -0.2) is 4.39 Å². The third-order valence-corrected chi connectivity index (χ3v) is 2.21. The molecule has 1 N–H and O–H groups in total. The molecule has 0 radical (unpaired) electrons. The van der Waals surface area contributed by atoms with Gasteiger partial charge in [0.2, 0.25) is 0 Å². The molecule has 0 saturated heterocycles. The van der Waals surface area contributed by atoms with E-state index in [1.54, 1.807) is 12.1 Å². The van der Waals surface area contributed by atoms with Gasteiger partial charge in [0.25, 0.3) is 0 Å². The first-order valence-corrected chi connectivity index (χ1v) is 4.68. The predicted molar refractivity (Wildman–Crippen MR) is 57.8 cm³/mol. The van der Waals surface area contributed by atoms with Gasteiger partial charge in [-0.1, -0.05) is 0 Å². The van der Waals surface area contributed by atoms with Crippen LogP contribution >= 0.6 is 0 Å². The molecule has 3 nitrogen and oxygen atoms in total. The lowest BCUT2D eigenvalue weighted by Crippen LogP contribution is -1.88. The molecule has 4 heteroatoms. The van der Waals surface area contributed by atoms with E-state index < -0.39 is 5.82 Å². The van der Waals surface area contributed by atoms with E-state index in [2.05, 4.69) is 4.98 Å². The van der Waals surface area contributed by atoms with Crippen molar-refractivity contribution in [2.45, 2.75) is 0 Å². The van der Waals surface area contributed by atoms with E-state index in [9.17, 15) is 9.50 Å². The van der Waals surface area contributed by atoms with Crippen LogP contribution in [0, 0.1) is 5.82 Å². The highest BCUT2D eigenvalue weighted by molar-refractivity contribution is 5.65. The number of benzene rings is 1. The van der Waals surface area contributed by atoms with E-state index >= 15 is 0 Å². The number of hydrogen-bond acceptors (Lipinski definition) is 3. The van der Waals surface area contributed by atoms with Crippen LogP contribution in [0.3, 0.4) is 0 Å². The SMILES string of the molecule is COc1ccc(-c2cncc(O)c2)c(F)c1. The van der Waals surface area contributed by atoms with Gasteiger partial charge in [0.15, 0.2) is 0 Å². The van der Waals surface area contributed by atoms with E-state index in [-0.39, 0.29) is 5.75 Å². The van der Waals surface area contributed by atoms with Crippen molar-refractivity contribution in [1.29, 1.82) is 0 Å². The zero-order valence-corrected chi connectivity index (χ0v) is 8.64. The van der Waals surface area contributed by atoms with Crippen molar-refractivity contribution in [3.05, 3.63) is 42.5 Å². The molecule has 82 valence electrons. The third-order valence-electron chi connectivity index (χ3n) is 2.21. The summed E-state index contributed by atoms with van der Waals surface area (Å²) in [5.41, 5.74) is 0.907. The van der Waals surface area contributed by atoms with Gasteiger partial charge in [0, 0.05) is 23.4 Å². The zero-order chi connectivity index (χ0) is 11.5. The Hall–Kier alpha value is -2.10. The molecule has 0 aliphatic carbocycles. The number of aromatic hydroxyl groups is 1. The van der Waals surface area contributed by atoms with Gasteiger partial charge in [-0.3, -0.25) is 4.98 Å². The van der Waals surface area contributed by atoms with Crippen LogP contribution in [0.2, 0.25) is 0 Å². The second-order valence-corrected chi connectivity index (χ2v) is 3.28. The number of rotatable bonds is 2. The monoisotopic (exact) mass is 219 g/mol. The molecule has 1 aromatic heterocycles. The van der Waals surface area contributed by atoms with Crippen molar-refractivity contribution in [3.63, 3.8) is 0 Å². The maximum Gasteiger partial charge on any atom is 0.134 e. The van der Waals surface area contributed by atoms with Crippen LogP contribution in [0.1, 0.15) is 0 Å². The highest BCUT2D eigenvalue weighted by Crippen LogP contribution is 2.27. The topological polar surface area (TPSA) is 42.4 Å². The first-order chi connectivity index (χ1) is 7.70. The lowest BCUT2D eigenvalue weighted by Gasteiger charge is -2.05. The van der Waals surface area contributed by atoms with Gasteiger partial charge in [-0.2, -0.15) is 0 Å². The lowest BCUT2D eigenvalue weighted by atomic mass is 10.1. The molecule has 0 fully saturated rings. The van der Waals surface area contributed by atoms with Crippen LogP contribution in [0.25, 0.3) is 11.1 Å². The Kier molecular flexibility index (Phi) is 2.72. The lowest BCUT2D eigenvalue weighted by molar-refractivity contribution is 0.411. The Morgan fingerprint density at radius 1 is 1.25 bits per heavy atom. The Morgan fingerprint density at radius 3 is 2.69 bits per heavy atom. The average Bonchev–Trinajstić information content (AvgIpc) is 2.28. The highest BCUT2D eigenvalue weighted by Gasteiger charge is 2.07. The van der Waals surface area contributed by atoms with Crippen molar-refractivity contribution in [3.8, 4) is 22.6 Å². The van der Waals surface area contributed by atoms with Crippen LogP contribution < -0.4 is 4.74 Å². The van der Waals surface area contributed by atoms with Gasteiger partial charge in [-0.15, -0.1) is 0 Å². The number of ether oxygens (including phenoxy) is 1. The quantitative estimate of drug-likeness (QED) is 0.844. The molecule has 0 amide bonds. The van der Waals surface area contributed by atoms with E-state index in [4.69, 9.17) is 4.74 Å². The standard InChI is InChI=1S/C12H10FNO2/c1-16-10-2-3-11(12(13)5-10)8-4-9(15)7-14-6-8/h2-7,15H,1H3. The molecule has 0 aliphatic heterocycles. The second-order valence-electron chi connectivity index (χ2n) is 3.28. The average molecular weight is 219 g/mol.